The molecular formula is C17H21F4NO3. The third-order valence-electron chi connectivity index (χ3n) is 3.59. The predicted octanol–water partition coefficient (Wildman–Crippen LogP) is 4.62. The molecule has 1 aliphatic heterocycles. The molecule has 1 fully saturated rings. The number of alkyl halides is 3. The quantitative estimate of drug-likeness (QED) is 0.720. The topological polar surface area (TPSA) is 38.8 Å². The van der Waals surface area contributed by atoms with E-state index in [-0.39, 0.29) is 6.54 Å². The van der Waals surface area contributed by atoms with Crippen LogP contribution in [-0.2, 0) is 10.9 Å². The van der Waals surface area contributed by atoms with Gasteiger partial charge in [0.25, 0.3) is 0 Å². The normalized spacial score (nSPS) is 18.8. The van der Waals surface area contributed by atoms with E-state index in [1.54, 1.807) is 20.8 Å². The van der Waals surface area contributed by atoms with Gasteiger partial charge in [-0.3, -0.25) is 0 Å². The largest absolute Gasteiger partial charge is 0.485 e. The first-order valence-electron chi connectivity index (χ1n) is 7.97. The minimum Gasteiger partial charge on any atom is -0.485 e. The number of nitrogens with zero attached hydrogens (tertiary/aromatic N) is 1. The van der Waals surface area contributed by atoms with E-state index in [9.17, 15) is 22.4 Å². The number of halogens is 4. The summed E-state index contributed by atoms with van der Waals surface area (Å²) in [5.41, 5.74) is -2.03. The zero-order valence-electron chi connectivity index (χ0n) is 14.3. The number of amides is 1. The van der Waals surface area contributed by atoms with Crippen LogP contribution in [0.4, 0.5) is 22.4 Å². The first kappa shape index (κ1) is 19.3. The second-order valence-corrected chi connectivity index (χ2v) is 6.92. The van der Waals surface area contributed by atoms with Crippen molar-refractivity contribution in [2.45, 2.75) is 51.5 Å². The lowest BCUT2D eigenvalue weighted by Gasteiger charge is -2.34. The van der Waals surface area contributed by atoms with Crippen LogP contribution in [-0.4, -0.2) is 35.8 Å². The molecule has 0 radical (unpaired) electrons. The van der Waals surface area contributed by atoms with Crippen molar-refractivity contribution in [3.8, 4) is 5.75 Å². The van der Waals surface area contributed by atoms with Crippen molar-refractivity contribution in [2.24, 2.45) is 0 Å². The number of hydrogen-bond donors (Lipinski definition) is 0. The van der Waals surface area contributed by atoms with Crippen LogP contribution < -0.4 is 4.74 Å². The molecule has 1 aromatic rings. The second-order valence-electron chi connectivity index (χ2n) is 6.92. The van der Waals surface area contributed by atoms with Gasteiger partial charge in [-0.15, -0.1) is 0 Å². The average Bonchev–Trinajstić information content (AvgIpc) is 2.47. The SMILES string of the molecule is CC(C)(C)OC(=O)N1CCC[C@H](Oc2cccc(C(F)(F)F)c2F)C1. The highest BCUT2D eigenvalue weighted by Gasteiger charge is 2.36. The molecule has 1 aromatic carbocycles. The third kappa shape index (κ3) is 5.24. The fourth-order valence-electron chi connectivity index (χ4n) is 2.53. The van der Waals surface area contributed by atoms with Crippen LogP contribution in [0.2, 0.25) is 0 Å². The molecule has 1 saturated heterocycles. The van der Waals surface area contributed by atoms with Crippen molar-refractivity contribution >= 4 is 6.09 Å². The van der Waals surface area contributed by atoms with Crippen molar-refractivity contribution in [3.63, 3.8) is 0 Å². The molecule has 25 heavy (non-hydrogen) atoms. The molecule has 0 saturated carbocycles. The maximum atomic E-state index is 14.1. The minimum absolute atomic E-state index is 0.130. The van der Waals surface area contributed by atoms with Gasteiger partial charge in [0, 0.05) is 6.54 Å². The monoisotopic (exact) mass is 363 g/mol. The molecule has 140 valence electrons. The number of likely N-dealkylation sites (tertiary alicyclic amines) is 1. The van der Waals surface area contributed by atoms with E-state index in [2.05, 4.69) is 0 Å². The Bertz CT molecular complexity index is 625. The highest BCUT2D eigenvalue weighted by atomic mass is 19.4. The molecular weight excluding hydrogens is 342 g/mol. The van der Waals surface area contributed by atoms with Gasteiger partial charge in [0.05, 0.1) is 12.1 Å². The summed E-state index contributed by atoms with van der Waals surface area (Å²) in [6.07, 6.45) is -4.82. The van der Waals surface area contributed by atoms with Crippen LogP contribution in [0.5, 0.6) is 5.75 Å². The molecule has 1 aliphatic rings. The van der Waals surface area contributed by atoms with E-state index >= 15 is 0 Å². The number of carbonyl (C=O) groups excluding carboxylic acids is 1. The third-order valence-corrected chi connectivity index (χ3v) is 3.59. The van der Waals surface area contributed by atoms with Crippen LogP contribution in [0, 0.1) is 5.82 Å². The molecule has 0 bridgehead atoms. The van der Waals surface area contributed by atoms with Gasteiger partial charge in [0.1, 0.15) is 11.7 Å². The zero-order valence-corrected chi connectivity index (χ0v) is 14.3. The Kier molecular flexibility index (Phi) is 5.49. The maximum Gasteiger partial charge on any atom is 0.419 e. The number of rotatable bonds is 2. The summed E-state index contributed by atoms with van der Waals surface area (Å²) in [4.78, 5) is 13.5. The Hall–Kier alpha value is -1.99. The van der Waals surface area contributed by atoms with Gasteiger partial charge >= 0.3 is 12.3 Å². The highest BCUT2D eigenvalue weighted by molar-refractivity contribution is 5.68. The summed E-state index contributed by atoms with van der Waals surface area (Å²) >= 11 is 0. The summed E-state index contributed by atoms with van der Waals surface area (Å²) in [7, 11) is 0. The van der Waals surface area contributed by atoms with E-state index < -0.39 is 41.1 Å². The lowest BCUT2D eigenvalue weighted by Crippen LogP contribution is -2.46. The Morgan fingerprint density at radius 2 is 1.92 bits per heavy atom. The summed E-state index contributed by atoms with van der Waals surface area (Å²) in [6, 6.07) is 2.91. The second kappa shape index (κ2) is 7.09. The highest BCUT2D eigenvalue weighted by Crippen LogP contribution is 2.35. The first-order valence-corrected chi connectivity index (χ1v) is 7.97. The van der Waals surface area contributed by atoms with Crippen LogP contribution in [0.3, 0.4) is 0 Å². The standard InChI is InChI=1S/C17H21F4NO3/c1-16(2,3)25-15(23)22-9-5-6-11(10-22)24-13-8-4-7-12(14(13)18)17(19,20)21/h4,7-8,11H,5-6,9-10H2,1-3H3/t11-/m0/s1. The molecule has 4 nitrogen and oxygen atoms in total. The Morgan fingerprint density at radius 3 is 2.52 bits per heavy atom. The van der Waals surface area contributed by atoms with Crippen molar-refractivity contribution in [2.75, 3.05) is 13.1 Å². The fourth-order valence-corrected chi connectivity index (χ4v) is 2.53. The minimum atomic E-state index is -4.79. The number of ether oxygens (including phenoxy) is 2. The van der Waals surface area contributed by atoms with Gasteiger partial charge < -0.3 is 14.4 Å². The molecule has 0 aliphatic carbocycles. The van der Waals surface area contributed by atoms with E-state index in [1.165, 1.54) is 4.90 Å². The number of carbonyl (C=O) groups is 1. The summed E-state index contributed by atoms with van der Waals surface area (Å²) < 4.78 is 63.0. The summed E-state index contributed by atoms with van der Waals surface area (Å²) in [5, 5.41) is 0. The Morgan fingerprint density at radius 1 is 1.24 bits per heavy atom. The Balaban J connectivity index is 2.07. The van der Waals surface area contributed by atoms with E-state index in [0.717, 1.165) is 12.1 Å². The molecule has 0 N–H and O–H groups in total. The van der Waals surface area contributed by atoms with Gasteiger partial charge in [-0.2, -0.15) is 13.2 Å². The number of piperidine rings is 1. The molecule has 0 unspecified atom stereocenters. The van der Waals surface area contributed by atoms with Crippen molar-refractivity contribution in [3.05, 3.63) is 29.6 Å². The smallest absolute Gasteiger partial charge is 0.419 e. The molecule has 0 aromatic heterocycles. The lowest BCUT2D eigenvalue weighted by atomic mass is 10.1. The van der Waals surface area contributed by atoms with Gasteiger partial charge in [0.15, 0.2) is 11.6 Å². The molecule has 8 heteroatoms. The molecule has 1 heterocycles. The van der Waals surface area contributed by atoms with Gasteiger partial charge in [0.2, 0.25) is 0 Å². The van der Waals surface area contributed by atoms with E-state index in [0.29, 0.717) is 25.5 Å². The van der Waals surface area contributed by atoms with E-state index in [4.69, 9.17) is 9.47 Å². The maximum absolute atomic E-state index is 14.1. The fraction of sp³-hybridized carbons (Fsp3) is 0.588. The lowest BCUT2D eigenvalue weighted by molar-refractivity contribution is -0.140. The van der Waals surface area contributed by atoms with Crippen LogP contribution in [0.15, 0.2) is 18.2 Å². The summed E-state index contributed by atoms with van der Waals surface area (Å²) in [5.74, 6) is -1.91. The van der Waals surface area contributed by atoms with Crippen LogP contribution in [0.25, 0.3) is 0 Å². The van der Waals surface area contributed by atoms with Crippen molar-refractivity contribution in [1.29, 1.82) is 0 Å². The van der Waals surface area contributed by atoms with Crippen molar-refractivity contribution < 1.29 is 31.8 Å². The number of hydrogen-bond acceptors (Lipinski definition) is 3. The van der Waals surface area contributed by atoms with E-state index in [1.807, 2.05) is 0 Å². The van der Waals surface area contributed by atoms with Gasteiger partial charge in [-0.05, 0) is 45.7 Å². The summed E-state index contributed by atoms with van der Waals surface area (Å²) in [6.45, 7) is 5.80. The molecule has 1 amide bonds. The molecule has 2 rings (SSSR count). The zero-order chi connectivity index (χ0) is 18.8. The number of benzene rings is 1. The Labute approximate surface area is 143 Å². The average molecular weight is 363 g/mol. The van der Waals surface area contributed by atoms with Crippen LogP contribution in [0.1, 0.15) is 39.2 Å². The van der Waals surface area contributed by atoms with Gasteiger partial charge in [-0.25, -0.2) is 9.18 Å². The molecule has 0 spiro atoms. The predicted molar refractivity (Wildman–Crippen MR) is 82.9 cm³/mol. The van der Waals surface area contributed by atoms with Gasteiger partial charge in [-0.1, -0.05) is 6.07 Å². The van der Waals surface area contributed by atoms with Crippen LogP contribution >= 0.6 is 0 Å². The molecule has 1 atom stereocenters. The van der Waals surface area contributed by atoms with Crippen molar-refractivity contribution in [1.82, 2.24) is 4.90 Å². The first-order chi connectivity index (χ1) is 11.5.